The second-order valence-electron chi connectivity index (χ2n) is 6.73. The summed E-state index contributed by atoms with van der Waals surface area (Å²) >= 11 is 0. The van der Waals surface area contributed by atoms with Crippen molar-refractivity contribution in [1.29, 1.82) is 0 Å². The fourth-order valence-corrected chi connectivity index (χ4v) is 3.96. The molecule has 3 N–H and O–H groups in total. The van der Waals surface area contributed by atoms with Gasteiger partial charge in [0.15, 0.2) is 0 Å². The van der Waals surface area contributed by atoms with Crippen LogP contribution < -0.4 is 11.1 Å². The van der Waals surface area contributed by atoms with Crippen LogP contribution in [0.4, 0.5) is 0 Å². The zero-order valence-electron chi connectivity index (χ0n) is 11.8. The smallest absolute Gasteiger partial charge is 0.220 e. The van der Waals surface area contributed by atoms with Crippen molar-refractivity contribution in [3.8, 4) is 0 Å². The first-order chi connectivity index (χ1) is 8.54. The Labute approximate surface area is 111 Å². The van der Waals surface area contributed by atoms with Crippen LogP contribution in [0.3, 0.4) is 0 Å². The zero-order chi connectivity index (χ0) is 13.1. The summed E-state index contributed by atoms with van der Waals surface area (Å²) < 4.78 is 0. The maximum Gasteiger partial charge on any atom is 0.220 e. The Kier molecular flexibility index (Phi) is 4.66. The standard InChI is InChI=1S/C15H28N2O/c1-10-7-11(2)9-14(8-10)17-13-5-3-12(4-6-13)15(16)18/h10-14,17H,3-9H2,1-2H3,(H2,16,18). The van der Waals surface area contributed by atoms with Gasteiger partial charge in [0.1, 0.15) is 0 Å². The van der Waals surface area contributed by atoms with Crippen LogP contribution in [0.25, 0.3) is 0 Å². The molecule has 2 aliphatic rings. The van der Waals surface area contributed by atoms with Gasteiger partial charge in [-0.3, -0.25) is 4.79 Å². The molecule has 2 fully saturated rings. The average Bonchev–Trinajstić information content (AvgIpc) is 2.28. The number of primary amides is 1. The monoisotopic (exact) mass is 252 g/mol. The van der Waals surface area contributed by atoms with Crippen molar-refractivity contribution in [2.75, 3.05) is 0 Å². The molecule has 2 rings (SSSR count). The van der Waals surface area contributed by atoms with E-state index in [1.165, 1.54) is 19.3 Å². The lowest BCUT2D eigenvalue weighted by Crippen LogP contribution is -2.44. The molecule has 1 amide bonds. The molecule has 0 aromatic carbocycles. The molecule has 0 aromatic heterocycles. The maximum absolute atomic E-state index is 11.1. The lowest BCUT2D eigenvalue weighted by molar-refractivity contribution is -0.122. The number of hydrogen-bond acceptors (Lipinski definition) is 2. The van der Waals surface area contributed by atoms with E-state index in [1.807, 2.05) is 0 Å². The molecule has 18 heavy (non-hydrogen) atoms. The average molecular weight is 252 g/mol. The molecule has 0 radical (unpaired) electrons. The summed E-state index contributed by atoms with van der Waals surface area (Å²) in [5, 5.41) is 3.83. The van der Waals surface area contributed by atoms with Crippen LogP contribution in [0.2, 0.25) is 0 Å². The Morgan fingerprint density at radius 3 is 2.00 bits per heavy atom. The predicted octanol–water partition coefficient (Wildman–Crippen LogP) is 2.44. The molecule has 0 bridgehead atoms. The summed E-state index contributed by atoms with van der Waals surface area (Å²) in [6.45, 7) is 4.74. The van der Waals surface area contributed by atoms with Crippen molar-refractivity contribution in [2.24, 2.45) is 23.5 Å². The van der Waals surface area contributed by atoms with Crippen molar-refractivity contribution in [3.05, 3.63) is 0 Å². The molecule has 2 saturated carbocycles. The van der Waals surface area contributed by atoms with Gasteiger partial charge in [-0.05, 0) is 56.8 Å². The van der Waals surface area contributed by atoms with Gasteiger partial charge in [0.2, 0.25) is 5.91 Å². The first-order valence-electron chi connectivity index (χ1n) is 7.60. The van der Waals surface area contributed by atoms with Gasteiger partial charge in [-0.15, -0.1) is 0 Å². The molecule has 2 aliphatic carbocycles. The van der Waals surface area contributed by atoms with E-state index in [4.69, 9.17) is 5.73 Å². The largest absolute Gasteiger partial charge is 0.369 e. The highest BCUT2D eigenvalue weighted by Gasteiger charge is 2.29. The third kappa shape index (κ3) is 3.71. The summed E-state index contributed by atoms with van der Waals surface area (Å²) in [5.41, 5.74) is 5.37. The van der Waals surface area contributed by atoms with Crippen LogP contribution in [0.1, 0.15) is 58.8 Å². The van der Waals surface area contributed by atoms with E-state index in [0.29, 0.717) is 12.1 Å². The number of nitrogens with two attached hydrogens (primary N) is 1. The molecular formula is C15H28N2O. The first-order valence-corrected chi connectivity index (χ1v) is 7.60. The lowest BCUT2D eigenvalue weighted by atomic mass is 9.79. The van der Waals surface area contributed by atoms with Crippen molar-refractivity contribution in [1.82, 2.24) is 5.32 Å². The van der Waals surface area contributed by atoms with Crippen LogP contribution in [0, 0.1) is 17.8 Å². The fourth-order valence-electron chi connectivity index (χ4n) is 3.96. The van der Waals surface area contributed by atoms with Crippen LogP contribution in [-0.4, -0.2) is 18.0 Å². The summed E-state index contributed by atoms with van der Waals surface area (Å²) in [6, 6.07) is 1.31. The number of nitrogens with one attached hydrogen (secondary N) is 1. The molecule has 0 aromatic rings. The van der Waals surface area contributed by atoms with E-state index in [-0.39, 0.29) is 11.8 Å². The maximum atomic E-state index is 11.1. The number of rotatable bonds is 3. The lowest BCUT2D eigenvalue weighted by Gasteiger charge is -2.36. The predicted molar refractivity (Wildman–Crippen MR) is 74.0 cm³/mol. The van der Waals surface area contributed by atoms with E-state index in [1.54, 1.807) is 0 Å². The van der Waals surface area contributed by atoms with E-state index < -0.39 is 0 Å². The third-order valence-corrected chi connectivity index (χ3v) is 4.78. The Bertz CT molecular complexity index is 274. The topological polar surface area (TPSA) is 55.1 Å². The van der Waals surface area contributed by atoms with Gasteiger partial charge >= 0.3 is 0 Å². The SMILES string of the molecule is CC1CC(C)CC(NC2CCC(C(N)=O)CC2)C1. The molecule has 0 heterocycles. The molecule has 0 saturated heterocycles. The number of amides is 1. The quantitative estimate of drug-likeness (QED) is 0.810. The Morgan fingerprint density at radius 1 is 0.944 bits per heavy atom. The highest BCUT2D eigenvalue weighted by molar-refractivity contribution is 5.76. The van der Waals surface area contributed by atoms with E-state index in [2.05, 4.69) is 19.2 Å². The van der Waals surface area contributed by atoms with Gasteiger partial charge in [0.05, 0.1) is 0 Å². The normalized spacial score (nSPS) is 41.6. The molecule has 2 atom stereocenters. The molecule has 104 valence electrons. The van der Waals surface area contributed by atoms with Gasteiger partial charge in [0.25, 0.3) is 0 Å². The van der Waals surface area contributed by atoms with Crippen LogP contribution >= 0.6 is 0 Å². The minimum Gasteiger partial charge on any atom is -0.369 e. The van der Waals surface area contributed by atoms with Gasteiger partial charge in [-0.25, -0.2) is 0 Å². The number of carbonyl (C=O) groups is 1. The highest BCUT2D eigenvalue weighted by atomic mass is 16.1. The zero-order valence-corrected chi connectivity index (χ0v) is 11.8. The number of carbonyl (C=O) groups excluding carboxylic acids is 1. The van der Waals surface area contributed by atoms with Crippen molar-refractivity contribution in [3.63, 3.8) is 0 Å². The Morgan fingerprint density at radius 2 is 1.50 bits per heavy atom. The third-order valence-electron chi connectivity index (χ3n) is 4.78. The summed E-state index contributed by atoms with van der Waals surface area (Å²) in [5.74, 6) is 1.74. The van der Waals surface area contributed by atoms with Gasteiger partial charge in [0, 0.05) is 18.0 Å². The summed E-state index contributed by atoms with van der Waals surface area (Å²) in [6.07, 6.45) is 8.21. The minimum absolute atomic E-state index is 0.103. The molecule has 2 unspecified atom stereocenters. The minimum atomic E-state index is -0.103. The van der Waals surface area contributed by atoms with E-state index >= 15 is 0 Å². The molecule has 0 spiro atoms. The molecule has 3 heteroatoms. The fraction of sp³-hybridized carbons (Fsp3) is 0.933. The second kappa shape index (κ2) is 6.05. The second-order valence-corrected chi connectivity index (χ2v) is 6.73. The van der Waals surface area contributed by atoms with Crippen molar-refractivity contribution < 1.29 is 4.79 Å². The van der Waals surface area contributed by atoms with Crippen LogP contribution in [0.15, 0.2) is 0 Å². The number of hydrogen-bond donors (Lipinski definition) is 2. The molecule has 0 aliphatic heterocycles. The van der Waals surface area contributed by atoms with Crippen molar-refractivity contribution in [2.45, 2.75) is 70.9 Å². The van der Waals surface area contributed by atoms with E-state index in [9.17, 15) is 4.79 Å². The van der Waals surface area contributed by atoms with Crippen molar-refractivity contribution >= 4 is 5.91 Å². The van der Waals surface area contributed by atoms with Gasteiger partial charge in [-0.1, -0.05) is 13.8 Å². The molecular weight excluding hydrogens is 224 g/mol. The summed E-state index contributed by atoms with van der Waals surface area (Å²) in [7, 11) is 0. The van der Waals surface area contributed by atoms with Crippen LogP contribution in [0.5, 0.6) is 0 Å². The summed E-state index contributed by atoms with van der Waals surface area (Å²) in [4.78, 5) is 11.1. The molecule has 3 nitrogen and oxygen atoms in total. The first kappa shape index (κ1) is 13.9. The van der Waals surface area contributed by atoms with Crippen LogP contribution in [-0.2, 0) is 4.79 Å². The Balaban J connectivity index is 1.75. The van der Waals surface area contributed by atoms with Gasteiger partial charge < -0.3 is 11.1 Å². The Hall–Kier alpha value is -0.570. The van der Waals surface area contributed by atoms with E-state index in [0.717, 1.165) is 37.5 Å². The highest BCUT2D eigenvalue weighted by Crippen LogP contribution is 2.30. The van der Waals surface area contributed by atoms with Gasteiger partial charge in [-0.2, -0.15) is 0 Å².